The van der Waals surface area contributed by atoms with Gasteiger partial charge in [-0.1, -0.05) is 24.3 Å². The molecule has 0 radical (unpaired) electrons. The minimum absolute atomic E-state index is 0.0304. The molecule has 9 heteroatoms. The highest BCUT2D eigenvalue weighted by molar-refractivity contribution is 5.91. The fourth-order valence-corrected chi connectivity index (χ4v) is 4.58. The number of ketones is 1. The number of benzene rings is 2. The molecule has 1 aliphatic heterocycles. The average molecular weight is 491 g/mol. The normalized spacial score (nSPS) is 24.0. The third-order valence-corrected chi connectivity index (χ3v) is 6.90. The van der Waals surface area contributed by atoms with Crippen molar-refractivity contribution in [2.75, 3.05) is 25.6 Å². The summed E-state index contributed by atoms with van der Waals surface area (Å²) in [6.07, 6.45) is -2.30. The molecular formula is C26H29F3N2O4. The number of rotatable bonds is 9. The maximum atomic E-state index is 13.2. The molecule has 2 fully saturated rings. The predicted octanol–water partition coefficient (Wildman–Crippen LogP) is 4.86. The van der Waals surface area contributed by atoms with Crippen LogP contribution in [-0.4, -0.2) is 38.1 Å². The number of nitrogens with one attached hydrogen (secondary N) is 2. The van der Waals surface area contributed by atoms with Gasteiger partial charge in [0.15, 0.2) is 0 Å². The van der Waals surface area contributed by atoms with Crippen LogP contribution in [-0.2, 0) is 31.8 Å². The molecule has 188 valence electrons. The van der Waals surface area contributed by atoms with Crippen molar-refractivity contribution in [2.45, 2.75) is 44.5 Å². The number of para-hydroxylation sites is 1. The van der Waals surface area contributed by atoms with E-state index in [0.717, 1.165) is 11.6 Å². The molecule has 35 heavy (non-hydrogen) atoms. The number of halogens is 3. The van der Waals surface area contributed by atoms with Gasteiger partial charge in [0.1, 0.15) is 5.78 Å². The molecule has 1 aliphatic carbocycles. The Morgan fingerprint density at radius 1 is 1.11 bits per heavy atom. The quantitative estimate of drug-likeness (QED) is 0.525. The largest absolute Gasteiger partial charge is 0.418 e. The van der Waals surface area contributed by atoms with Crippen LogP contribution in [0.4, 0.5) is 24.5 Å². The Bertz CT molecular complexity index is 1040. The van der Waals surface area contributed by atoms with Crippen LogP contribution < -0.4 is 10.6 Å². The molecule has 0 spiro atoms. The molecule has 2 aliphatic rings. The van der Waals surface area contributed by atoms with Crippen LogP contribution >= 0.6 is 0 Å². The molecule has 1 saturated carbocycles. The number of anilines is 2. The Labute approximate surface area is 202 Å². The van der Waals surface area contributed by atoms with Gasteiger partial charge in [-0.15, -0.1) is 0 Å². The van der Waals surface area contributed by atoms with Crippen LogP contribution in [0.1, 0.15) is 36.8 Å². The first-order valence-corrected chi connectivity index (χ1v) is 11.6. The summed E-state index contributed by atoms with van der Waals surface area (Å²) in [5.74, 6) is -0.200. The summed E-state index contributed by atoms with van der Waals surface area (Å²) in [5, 5.41) is 5.72. The minimum Gasteiger partial charge on any atom is -0.381 e. The number of alkyl halides is 3. The molecule has 6 nitrogen and oxygen atoms in total. The van der Waals surface area contributed by atoms with E-state index in [-0.39, 0.29) is 49.0 Å². The number of carbonyl (C=O) groups is 2. The van der Waals surface area contributed by atoms with Gasteiger partial charge in [-0.05, 0) is 49.1 Å². The van der Waals surface area contributed by atoms with E-state index in [4.69, 9.17) is 9.47 Å². The third kappa shape index (κ3) is 5.85. The van der Waals surface area contributed by atoms with E-state index >= 15 is 0 Å². The number of carbonyl (C=O) groups excluding carboxylic acids is 2. The minimum atomic E-state index is -4.46. The number of ether oxygens (including phenoxy) is 2. The summed E-state index contributed by atoms with van der Waals surface area (Å²) < 4.78 is 50.4. The molecule has 2 aromatic rings. The molecule has 2 aromatic carbocycles. The van der Waals surface area contributed by atoms with Crippen molar-refractivity contribution in [3.8, 4) is 0 Å². The molecule has 0 aromatic heterocycles. The van der Waals surface area contributed by atoms with Gasteiger partial charge in [0.25, 0.3) is 0 Å². The van der Waals surface area contributed by atoms with E-state index in [2.05, 4.69) is 10.6 Å². The maximum Gasteiger partial charge on any atom is 0.418 e. The van der Waals surface area contributed by atoms with E-state index in [1.165, 1.54) is 18.2 Å². The molecule has 1 amide bonds. The molecule has 4 rings (SSSR count). The van der Waals surface area contributed by atoms with E-state index in [1.807, 2.05) is 0 Å². The SMILES string of the molecule is COC1CC(C(=O)C[C@@]2(C(=O)NCc3ccc(Nc4ccccc4C(F)(F)F)cc3)CCOC2)C1. The van der Waals surface area contributed by atoms with Crippen molar-refractivity contribution in [1.82, 2.24) is 5.32 Å². The first-order valence-electron chi connectivity index (χ1n) is 11.6. The van der Waals surface area contributed by atoms with Gasteiger partial charge in [0, 0.05) is 38.3 Å². The van der Waals surface area contributed by atoms with Crippen LogP contribution in [0.15, 0.2) is 48.5 Å². The molecule has 1 saturated heterocycles. The highest BCUT2D eigenvalue weighted by Gasteiger charge is 2.46. The highest BCUT2D eigenvalue weighted by atomic mass is 19.4. The number of hydrogen-bond acceptors (Lipinski definition) is 5. The Morgan fingerprint density at radius 2 is 1.83 bits per heavy atom. The first kappa shape index (κ1) is 25.2. The monoisotopic (exact) mass is 490 g/mol. The molecular weight excluding hydrogens is 461 g/mol. The summed E-state index contributed by atoms with van der Waals surface area (Å²) in [7, 11) is 1.63. The van der Waals surface area contributed by atoms with Crippen LogP contribution in [0.2, 0.25) is 0 Å². The lowest BCUT2D eigenvalue weighted by molar-refractivity contribution is -0.140. The lowest BCUT2D eigenvalue weighted by Gasteiger charge is -2.35. The maximum absolute atomic E-state index is 13.2. The van der Waals surface area contributed by atoms with E-state index in [9.17, 15) is 22.8 Å². The number of Topliss-reactive ketones (excluding diaryl/α,β-unsaturated/α-hetero) is 1. The van der Waals surface area contributed by atoms with Gasteiger partial charge in [-0.25, -0.2) is 0 Å². The van der Waals surface area contributed by atoms with Crippen molar-refractivity contribution >= 4 is 23.1 Å². The summed E-state index contributed by atoms with van der Waals surface area (Å²) in [5.41, 5.74) is -0.349. The van der Waals surface area contributed by atoms with Crippen LogP contribution in [0.3, 0.4) is 0 Å². The fraction of sp³-hybridized carbons (Fsp3) is 0.462. The average Bonchev–Trinajstić information content (AvgIpc) is 3.27. The van der Waals surface area contributed by atoms with Crippen molar-refractivity contribution in [3.05, 3.63) is 59.7 Å². The second-order valence-electron chi connectivity index (χ2n) is 9.30. The Balaban J connectivity index is 1.34. The smallest absolute Gasteiger partial charge is 0.381 e. The zero-order chi connectivity index (χ0) is 25.1. The zero-order valence-electron chi connectivity index (χ0n) is 19.5. The van der Waals surface area contributed by atoms with Gasteiger partial charge < -0.3 is 20.1 Å². The predicted molar refractivity (Wildman–Crippen MR) is 124 cm³/mol. The van der Waals surface area contributed by atoms with E-state index < -0.39 is 17.2 Å². The van der Waals surface area contributed by atoms with Gasteiger partial charge in [-0.2, -0.15) is 13.2 Å². The summed E-state index contributed by atoms with van der Waals surface area (Å²) >= 11 is 0. The second-order valence-corrected chi connectivity index (χ2v) is 9.30. The lowest BCUT2D eigenvalue weighted by Crippen LogP contribution is -2.45. The molecule has 0 unspecified atom stereocenters. The highest BCUT2D eigenvalue weighted by Crippen LogP contribution is 2.39. The van der Waals surface area contributed by atoms with Crippen LogP contribution in [0.5, 0.6) is 0 Å². The van der Waals surface area contributed by atoms with Crippen molar-refractivity contribution in [3.63, 3.8) is 0 Å². The fourth-order valence-electron chi connectivity index (χ4n) is 4.58. The lowest BCUT2D eigenvalue weighted by atomic mass is 9.72. The van der Waals surface area contributed by atoms with Crippen molar-refractivity contribution in [2.24, 2.45) is 11.3 Å². The Morgan fingerprint density at radius 3 is 2.46 bits per heavy atom. The zero-order valence-corrected chi connectivity index (χ0v) is 19.5. The van der Waals surface area contributed by atoms with Gasteiger partial charge in [0.2, 0.25) is 5.91 Å². The molecule has 1 heterocycles. The number of amides is 1. The molecule has 0 bridgehead atoms. The third-order valence-electron chi connectivity index (χ3n) is 6.90. The van der Waals surface area contributed by atoms with Gasteiger partial charge in [0.05, 0.1) is 29.4 Å². The molecule has 2 N–H and O–H groups in total. The van der Waals surface area contributed by atoms with Gasteiger partial charge in [-0.3, -0.25) is 9.59 Å². The summed E-state index contributed by atoms with van der Waals surface area (Å²) in [6.45, 7) is 0.891. The van der Waals surface area contributed by atoms with E-state index in [0.29, 0.717) is 31.6 Å². The topological polar surface area (TPSA) is 76.7 Å². The standard InChI is InChI=1S/C26H29F3N2O4/c1-34-20-12-18(13-20)23(32)14-25(10-11-35-16-25)24(33)30-15-17-6-8-19(9-7-17)31-22-5-3-2-4-21(22)26(27,28)29/h2-9,18,20,31H,10-16H2,1H3,(H,30,33)/t18?,20?,25-/m0/s1. The van der Waals surface area contributed by atoms with Gasteiger partial charge >= 0.3 is 6.18 Å². The van der Waals surface area contributed by atoms with Crippen molar-refractivity contribution < 1.29 is 32.2 Å². The first-order chi connectivity index (χ1) is 16.7. The summed E-state index contributed by atoms with van der Waals surface area (Å²) in [4.78, 5) is 25.8. The number of hydrogen-bond donors (Lipinski definition) is 2. The second kappa shape index (κ2) is 10.4. The number of methoxy groups -OCH3 is 1. The summed E-state index contributed by atoms with van der Waals surface area (Å²) in [6, 6.07) is 12.1. The van der Waals surface area contributed by atoms with Crippen molar-refractivity contribution in [1.29, 1.82) is 0 Å². The Hall–Kier alpha value is -2.91. The van der Waals surface area contributed by atoms with Crippen LogP contribution in [0.25, 0.3) is 0 Å². The molecule has 1 atom stereocenters. The van der Waals surface area contributed by atoms with Crippen LogP contribution in [0, 0.1) is 11.3 Å². The Kier molecular flexibility index (Phi) is 7.47. The van der Waals surface area contributed by atoms with E-state index in [1.54, 1.807) is 31.4 Å².